The summed E-state index contributed by atoms with van der Waals surface area (Å²) >= 11 is 0. The molecule has 0 radical (unpaired) electrons. The number of aromatic nitrogens is 1. The van der Waals surface area contributed by atoms with Gasteiger partial charge in [0.1, 0.15) is 13.3 Å². The first kappa shape index (κ1) is 23.7. The van der Waals surface area contributed by atoms with Gasteiger partial charge in [0.2, 0.25) is 11.0 Å². The molecule has 9 heteroatoms. The molecule has 0 atom stereocenters. The van der Waals surface area contributed by atoms with Crippen molar-refractivity contribution in [1.29, 1.82) is 0 Å². The molecular weight excluding hydrogens is 451 g/mol. The van der Waals surface area contributed by atoms with Gasteiger partial charge in [-0.05, 0) is 54.8 Å². The molecule has 4 aromatic rings. The molecule has 0 spiro atoms. The minimum atomic E-state index is -10.7. The van der Waals surface area contributed by atoms with Gasteiger partial charge in [-0.25, -0.2) is 0 Å². The summed E-state index contributed by atoms with van der Waals surface area (Å²) in [6, 6.07) is 21.0. The minimum absolute atomic E-state index is 0.730. The van der Waals surface area contributed by atoms with Crippen molar-refractivity contribution in [2.45, 2.75) is 13.8 Å². The summed E-state index contributed by atoms with van der Waals surface area (Å²) < 4.78 is 61.4. The van der Waals surface area contributed by atoms with Crippen LogP contribution in [0.3, 0.4) is 0 Å². The molecular formula is C23H20F6NOP. The maximum atomic E-state index is 11.2. The monoisotopic (exact) mass is 471 g/mol. The second-order valence-corrected chi connectivity index (χ2v) is 9.49. The molecule has 1 aromatic heterocycles. The standard InChI is InChI=1S/C23H20NO.F6P/c1-15-12-17(14-25)13-16(2)22(15)23-18-8-4-6-10-20(18)24(3)21-11-7-5-9-19(21)23;1-7(2,3,4,5)6/h4-14H,1-3H3;/q+1;-1. The molecule has 0 amide bonds. The van der Waals surface area contributed by atoms with Gasteiger partial charge in [-0.15, -0.1) is 0 Å². The topological polar surface area (TPSA) is 20.9 Å². The van der Waals surface area contributed by atoms with Gasteiger partial charge >= 0.3 is 33.0 Å². The molecule has 1 heterocycles. The van der Waals surface area contributed by atoms with E-state index in [-0.39, 0.29) is 0 Å². The number of benzene rings is 3. The number of halogens is 6. The molecule has 0 fully saturated rings. The Morgan fingerprint density at radius 1 is 0.719 bits per heavy atom. The van der Waals surface area contributed by atoms with Crippen molar-refractivity contribution in [2.24, 2.45) is 7.05 Å². The van der Waals surface area contributed by atoms with Crippen LogP contribution >= 0.6 is 7.81 Å². The molecule has 4 rings (SSSR count). The van der Waals surface area contributed by atoms with E-state index in [9.17, 15) is 30.0 Å². The van der Waals surface area contributed by atoms with E-state index in [0.717, 1.165) is 23.0 Å². The number of pyridine rings is 1. The molecule has 0 unspecified atom stereocenters. The summed E-state index contributed by atoms with van der Waals surface area (Å²) in [7, 11) is -8.54. The number of carbonyl (C=O) groups is 1. The summed E-state index contributed by atoms with van der Waals surface area (Å²) in [6.07, 6.45) is 0.922. The molecule has 0 aliphatic heterocycles. The molecule has 0 N–H and O–H groups in total. The number of hydrogen-bond acceptors (Lipinski definition) is 1. The van der Waals surface area contributed by atoms with Gasteiger partial charge < -0.3 is 0 Å². The third kappa shape index (κ3) is 5.62. The SMILES string of the molecule is Cc1cc(C=O)cc(C)c1-c1c2ccccc2[n+](C)c2ccccc12.F[P-](F)(F)(F)(F)F. The fourth-order valence-electron chi connectivity index (χ4n) is 3.96. The van der Waals surface area contributed by atoms with Gasteiger partial charge in [-0.1, -0.05) is 24.3 Å². The van der Waals surface area contributed by atoms with Gasteiger partial charge in [0.05, 0.1) is 10.8 Å². The molecule has 2 nitrogen and oxygen atoms in total. The Balaban J connectivity index is 0.000000360. The van der Waals surface area contributed by atoms with E-state index in [4.69, 9.17) is 0 Å². The molecule has 0 saturated heterocycles. The summed E-state index contributed by atoms with van der Waals surface area (Å²) in [4.78, 5) is 11.2. The molecule has 0 aliphatic rings. The molecule has 0 saturated carbocycles. The van der Waals surface area contributed by atoms with Crippen LogP contribution in [0, 0.1) is 13.8 Å². The van der Waals surface area contributed by atoms with Crippen LogP contribution < -0.4 is 4.57 Å². The van der Waals surface area contributed by atoms with Crippen LogP contribution in [0.5, 0.6) is 0 Å². The van der Waals surface area contributed by atoms with Gasteiger partial charge in [-0.2, -0.15) is 4.57 Å². The van der Waals surface area contributed by atoms with E-state index in [1.807, 2.05) is 12.1 Å². The van der Waals surface area contributed by atoms with Crippen LogP contribution in [0.15, 0.2) is 60.7 Å². The van der Waals surface area contributed by atoms with Crippen molar-refractivity contribution < 1.29 is 34.5 Å². The average molecular weight is 471 g/mol. The van der Waals surface area contributed by atoms with E-state index in [0.29, 0.717) is 0 Å². The second-order valence-electron chi connectivity index (χ2n) is 7.57. The summed E-state index contributed by atoms with van der Waals surface area (Å²) in [5.41, 5.74) is 7.87. The van der Waals surface area contributed by atoms with E-state index < -0.39 is 7.81 Å². The Labute approximate surface area is 180 Å². The number of rotatable bonds is 2. The number of hydrogen-bond donors (Lipinski definition) is 0. The average Bonchev–Trinajstić information content (AvgIpc) is 2.67. The molecule has 0 bridgehead atoms. The van der Waals surface area contributed by atoms with E-state index in [1.54, 1.807) is 0 Å². The van der Waals surface area contributed by atoms with Crippen LogP contribution in [0.2, 0.25) is 0 Å². The molecule has 32 heavy (non-hydrogen) atoms. The van der Waals surface area contributed by atoms with E-state index in [1.165, 1.54) is 32.9 Å². The van der Waals surface area contributed by atoms with Gasteiger partial charge in [-0.3, -0.25) is 4.79 Å². The van der Waals surface area contributed by atoms with Crippen LogP contribution in [0.1, 0.15) is 21.5 Å². The predicted octanol–water partition coefficient (Wildman–Crippen LogP) is 8.30. The quantitative estimate of drug-likeness (QED) is 0.0947. The number of nitrogens with zero attached hydrogens (tertiary/aromatic N) is 1. The number of aldehydes is 1. The zero-order valence-corrected chi connectivity index (χ0v) is 18.3. The zero-order chi connectivity index (χ0) is 24.0. The Kier molecular flexibility index (Phi) is 5.38. The van der Waals surface area contributed by atoms with Crippen LogP contribution in [0.4, 0.5) is 25.2 Å². The van der Waals surface area contributed by atoms with E-state index in [2.05, 4.69) is 74.0 Å². The second kappa shape index (κ2) is 7.27. The molecule has 0 aliphatic carbocycles. The van der Waals surface area contributed by atoms with Gasteiger partial charge in [0.25, 0.3) is 0 Å². The van der Waals surface area contributed by atoms with Crippen molar-refractivity contribution in [3.63, 3.8) is 0 Å². The van der Waals surface area contributed by atoms with Crippen LogP contribution in [-0.2, 0) is 7.05 Å². The summed E-state index contributed by atoms with van der Waals surface area (Å²) in [6.45, 7) is 4.18. The van der Waals surface area contributed by atoms with Crippen LogP contribution in [-0.4, -0.2) is 6.29 Å². The van der Waals surface area contributed by atoms with Crippen LogP contribution in [0.25, 0.3) is 32.9 Å². The van der Waals surface area contributed by atoms with Gasteiger partial charge in [0.15, 0.2) is 0 Å². The first-order valence-corrected chi connectivity index (χ1v) is 11.5. The summed E-state index contributed by atoms with van der Waals surface area (Å²) in [5.74, 6) is 0. The van der Waals surface area contributed by atoms with Crippen molar-refractivity contribution in [3.8, 4) is 11.1 Å². The van der Waals surface area contributed by atoms with Crippen molar-refractivity contribution >= 4 is 35.9 Å². The number of para-hydroxylation sites is 2. The van der Waals surface area contributed by atoms with Crippen molar-refractivity contribution in [1.82, 2.24) is 0 Å². The van der Waals surface area contributed by atoms with Crippen molar-refractivity contribution in [2.75, 3.05) is 0 Å². The first-order chi connectivity index (χ1) is 14.6. The fraction of sp³-hybridized carbons (Fsp3) is 0.130. The third-order valence-corrected chi connectivity index (χ3v) is 5.01. The Morgan fingerprint density at radius 2 is 1.09 bits per heavy atom. The number of aryl methyl sites for hydroxylation is 3. The zero-order valence-electron chi connectivity index (χ0n) is 17.4. The summed E-state index contributed by atoms with van der Waals surface area (Å²) in [5, 5.41) is 2.46. The Hall–Kier alpha value is -2.99. The first-order valence-electron chi connectivity index (χ1n) is 9.49. The van der Waals surface area contributed by atoms with Gasteiger partial charge in [0, 0.05) is 23.3 Å². The van der Waals surface area contributed by atoms with E-state index >= 15 is 0 Å². The molecule has 3 aromatic carbocycles. The van der Waals surface area contributed by atoms with Crippen molar-refractivity contribution in [3.05, 3.63) is 77.4 Å². The Bertz CT molecular complexity index is 1270. The predicted molar refractivity (Wildman–Crippen MR) is 116 cm³/mol. The number of fused-ring (bicyclic) bond motifs is 2. The number of carbonyl (C=O) groups excluding carboxylic acids is 1. The maximum absolute atomic E-state index is 11.2. The molecule has 170 valence electrons. The fourth-order valence-corrected chi connectivity index (χ4v) is 3.96. The third-order valence-electron chi connectivity index (χ3n) is 5.01. The Morgan fingerprint density at radius 3 is 1.47 bits per heavy atom. The normalized spacial score (nSPS) is 13.8.